The molecular weight excluding hydrogens is 509 g/mol. The van der Waals surface area contributed by atoms with E-state index in [0.29, 0.717) is 8.95 Å². The van der Waals surface area contributed by atoms with Crippen LogP contribution in [-0.4, -0.2) is 10.9 Å². The van der Waals surface area contributed by atoms with Gasteiger partial charge in [0.25, 0.3) is 5.69 Å². The second kappa shape index (κ2) is 7.08. The van der Waals surface area contributed by atoms with E-state index in [4.69, 9.17) is 16.3 Å². The van der Waals surface area contributed by atoms with E-state index < -0.39 is 10.9 Å². The van der Waals surface area contributed by atoms with Crippen molar-refractivity contribution >= 4 is 71.0 Å². The number of carbonyl (C=O) groups is 1. The maximum atomic E-state index is 12.2. The summed E-state index contributed by atoms with van der Waals surface area (Å²) in [5.41, 5.74) is -0.165. The van der Waals surface area contributed by atoms with E-state index in [2.05, 4.69) is 47.8 Å². The largest absolute Gasteiger partial charge is 0.420 e. The molecule has 0 saturated carbocycles. The zero-order valence-corrected chi connectivity index (χ0v) is 16.0. The topological polar surface area (TPSA) is 69.4 Å². The third kappa shape index (κ3) is 3.87. The number of halogens is 4. The summed E-state index contributed by atoms with van der Waals surface area (Å²) in [6.45, 7) is 0. The van der Waals surface area contributed by atoms with Crippen molar-refractivity contribution in [3.05, 3.63) is 64.5 Å². The second-order valence-electron chi connectivity index (χ2n) is 4.01. The molecule has 0 bridgehead atoms. The lowest BCUT2D eigenvalue weighted by Crippen LogP contribution is -2.10. The van der Waals surface area contributed by atoms with Crippen LogP contribution in [0.4, 0.5) is 5.69 Å². The fraction of sp³-hybridized carbons (Fsp3) is 0. The first kappa shape index (κ1) is 17.4. The van der Waals surface area contributed by atoms with E-state index in [-0.39, 0.29) is 22.0 Å². The van der Waals surface area contributed by atoms with Crippen LogP contribution in [0.3, 0.4) is 0 Å². The third-order valence-corrected chi connectivity index (χ3v) is 4.49. The zero-order valence-electron chi connectivity index (χ0n) is 10.5. The molecule has 0 fully saturated rings. The molecule has 0 aliphatic rings. The molecule has 9 heteroatoms. The van der Waals surface area contributed by atoms with Gasteiger partial charge < -0.3 is 4.74 Å². The molecule has 5 nitrogen and oxygen atoms in total. The molecule has 22 heavy (non-hydrogen) atoms. The fourth-order valence-electron chi connectivity index (χ4n) is 1.56. The Labute approximate surface area is 155 Å². The summed E-state index contributed by atoms with van der Waals surface area (Å²) in [5, 5.41) is 10.6. The van der Waals surface area contributed by atoms with Crippen molar-refractivity contribution in [2.24, 2.45) is 0 Å². The van der Waals surface area contributed by atoms with Gasteiger partial charge >= 0.3 is 5.97 Å². The van der Waals surface area contributed by atoms with E-state index in [0.717, 1.165) is 10.5 Å². The smallest absolute Gasteiger partial charge is 0.345 e. The number of hydrogen-bond donors (Lipinski definition) is 0. The van der Waals surface area contributed by atoms with Crippen LogP contribution in [0.1, 0.15) is 10.4 Å². The molecule has 0 aromatic heterocycles. The lowest BCUT2D eigenvalue weighted by molar-refractivity contribution is -0.384. The predicted octanol–water partition coefficient (Wildman–Crippen LogP) is 5.75. The van der Waals surface area contributed by atoms with Gasteiger partial charge in [-0.25, -0.2) is 4.79 Å². The van der Waals surface area contributed by atoms with E-state index in [1.807, 2.05) is 0 Å². The van der Waals surface area contributed by atoms with Gasteiger partial charge in [-0.05, 0) is 50.1 Å². The van der Waals surface area contributed by atoms with Crippen LogP contribution < -0.4 is 4.74 Å². The molecule has 0 N–H and O–H groups in total. The molecule has 0 unspecified atom stereocenters. The summed E-state index contributed by atoms with van der Waals surface area (Å²) in [6, 6.07) is 6.97. The highest BCUT2D eigenvalue weighted by atomic mass is 79.9. The van der Waals surface area contributed by atoms with Gasteiger partial charge in [0.2, 0.25) is 0 Å². The van der Waals surface area contributed by atoms with Crippen LogP contribution in [-0.2, 0) is 0 Å². The maximum Gasteiger partial charge on any atom is 0.345 e. The normalized spacial score (nSPS) is 10.4. The first-order chi connectivity index (χ1) is 10.3. The first-order valence-electron chi connectivity index (χ1n) is 5.60. The molecule has 0 radical (unpaired) electrons. The van der Waals surface area contributed by atoms with E-state index in [9.17, 15) is 14.9 Å². The summed E-state index contributed by atoms with van der Waals surface area (Å²) < 4.78 is 7.19. The van der Waals surface area contributed by atoms with Crippen molar-refractivity contribution in [2.75, 3.05) is 0 Å². The standard InChI is InChI=1S/C13H5Br3ClNO4/c14-6-3-9(15)12(10(16)4-6)22-13(19)8-2-1-7(18(20)21)5-11(8)17/h1-5H. The van der Waals surface area contributed by atoms with Crippen LogP contribution >= 0.6 is 59.4 Å². The van der Waals surface area contributed by atoms with Gasteiger partial charge in [0.15, 0.2) is 5.75 Å². The molecule has 0 saturated heterocycles. The Morgan fingerprint density at radius 1 is 1.14 bits per heavy atom. The minimum atomic E-state index is -0.719. The summed E-state index contributed by atoms with van der Waals surface area (Å²) in [5.74, 6) is -0.439. The van der Waals surface area contributed by atoms with E-state index in [1.54, 1.807) is 12.1 Å². The van der Waals surface area contributed by atoms with Crippen LogP contribution in [0.25, 0.3) is 0 Å². The number of nitrogens with zero attached hydrogens (tertiary/aromatic N) is 1. The monoisotopic (exact) mass is 511 g/mol. The van der Waals surface area contributed by atoms with Gasteiger partial charge in [0, 0.05) is 16.6 Å². The molecule has 114 valence electrons. The molecule has 0 atom stereocenters. The van der Waals surface area contributed by atoms with Gasteiger partial charge in [-0.2, -0.15) is 0 Å². The number of ether oxygens (including phenoxy) is 1. The lowest BCUT2D eigenvalue weighted by Gasteiger charge is -2.10. The van der Waals surface area contributed by atoms with Crippen LogP contribution in [0.2, 0.25) is 5.02 Å². The molecular formula is C13H5Br3ClNO4. The van der Waals surface area contributed by atoms with Crippen LogP contribution in [0.5, 0.6) is 5.75 Å². The number of hydrogen-bond acceptors (Lipinski definition) is 4. The van der Waals surface area contributed by atoms with Gasteiger partial charge in [0.1, 0.15) is 0 Å². The molecule has 2 aromatic carbocycles. The number of esters is 1. The Morgan fingerprint density at radius 3 is 2.23 bits per heavy atom. The Bertz CT molecular complexity index is 759. The Balaban J connectivity index is 2.32. The minimum absolute atomic E-state index is 0.0361. The van der Waals surface area contributed by atoms with Gasteiger partial charge in [0.05, 0.1) is 24.5 Å². The molecule has 0 spiro atoms. The highest BCUT2D eigenvalue weighted by molar-refractivity contribution is 9.11. The summed E-state index contributed by atoms with van der Waals surface area (Å²) in [6.07, 6.45) is 0. The van der Waals surface area contributed by atoms with E-state index in [1.165, 1.54) is 12.1 Å². The summed E-state index contributed by atoms with van der Waals surface area (Å²) in [7, 11) is 0. The highest BCUT2D eigenvalue weighted by Crippen LogP contribution is 2.37. The average molecular weight is 514 g/mol. The Kier molecular flexibility index (Phi) is 5.60. The maximum absolute atomic E-state index is 12.2. The molecule has 0 aliphatic heterocycles. The molecule has 0 amide bonds. The molecule has 2 aromatic rings. The van der Waals surface area contributed by atoms with Crippen LogP contribution in [0.15, 0.2) is 43.7 Å². The molecule has 0 heterocycles. The van der Waals surface area contributed by atoms with Crippen molar-refractivity contribution in [2.45, 2.75) is 0 Å². The first-order valence-corrected chi connectivity index (χ1v) is 8.36. The Hall–Kier alpha value is -0.960. The number of benzene rings is 2. The van der Waals surface area contributed by atoms with Crippen molar-refractivity contribution in [1.82, 2.24) is 0 Å². The van der Waals surface area contributed by atoms with Crippen molar-refractivity contribution in [3.63, 3.8) is 0 Å². The van der Waals surface area contributed by atoms with E-state index >= 15 is 0 Å². The van der Waals surface area contributed by atoms with Gasteiger partial charge in [-0.15, -0.1) is 0 Å². The SMILES string of the molecule is O=C(Oc1c(Br)cc(Br)cc1Br)c1ccc([N+](=O)[O-])cc1Cl. The van der Waals surface area contributed by atoms with Gasteiger partial charge in [-0.3, -0.25) is 10.1 Å². The van der Waals surface area contributed by atoms with Crippen molar-refractivity contribution in [3.8, 4) is 5.75 Å². The summed E-state index contributed by atoms with van der Waals surface area (Å²) in [4.78, 5) is 22.2. The summed E-state index contributed by atoms with van der Waals surface area (Å²) >= 11 is 15.8. The molecule has 0 aliphatic carbocycles. The zero-order chi connectivity index (χ0) is 16.4. The highest BCUT2D eigenvalue weighted by Gasteiger charge is 2.19. The number of nitro groups is 1. The molecule has 2 rings (SSSR count). The predicted molar refractivity (Wildman–Crippen MR) is 92.6 cm³/mol. The average Bonchev–Trinajstić information content (AvgIpc) is 2.42. The number of carbonyl (C=O) groups excluding carboxylic acids is 1. The second-order valence-corrected chi connectivity index (χ2v) is 7.04. The van der Waals surface area contributed by atoms with Crippen molar-refractivity contribution < 1.29 is 14.5 Å². The third-order valence-electron chi connectivity index (χ3n) is 2.54. The van der Waals surface area contributed by atoms with Gasteiger partial charge in [-0.1, -0.05) is 27.5 Å². The Morgan fingerprint density at radius 2 is 1.73 bits per heavy atom. The minimum Gasteiger partial charge on any atom is -0.420 e. The number of rotatable bonds is 3. The fourth-order valence-corrected chi connectivity index (χ4v) is 4.23. The quantitative estimate of drug-likeness (QED) is 0.226. The number of non-ortho nitro benzene ring substituents is 1. The number of nitro benzene ring substituents is 1. The van der Waals surface area contributed by atoms with Crippen molar-refractivity contribution in [1.29, 1.82) is 0 Å². The lowest BCUT2D eigenvalue weighted by atomic mass is 10.2. The van der Waals surface area contributed by atoms with Crippen LogP contribution in [0, 0.1) is 10.1 Å².